The van der Waals surface area contributed by atoms with Crippen LogP contribution in [0, 0.1) is 0 Å². The number of rotatable bonds is 2. The first-order chi connectivity index (χ1) is 14.1. The fourth-order valence-corrected chi connectivity index (χ4v) is 8.65. The largest absolute Gasteiger partial charge is 0.113 e. The summed E-state index contributed by atoms with van der Waals surface area (Å²) < 4.78 is 0. The van der Waals surface area contributed by atoms with Gasteiger partial charge in [-0.3, -0.25) is 0 Å². The van der Waals surface area contributed by atoms with Gasteiger partial charge in [-0.1, -0.05) is 110 Å². The molecule has 0 N–H and O–H groups in total. The Morgan fingerprint density at radius 3 is 1.59 bits per heavy atom. The van der Waals surface area contributed by atoms with E-state index in [9.17, 15) is 0 Å². The molecule has 29 heavy (non-hydrogen) atoms. The van der Waals surface area contributed by atoms with Crippen molar-refractivity contribution in [2.75, 3.05) is 0 Å². The summed E-state index contributed by atoms with van der Waals surface area (Å²) in [4.78, 5) is 0. The summed E-state index contributed by atoms with van der Waals surface area (Å²) >= 11 is 0. The Morgan fingerprint density at radius 2 is 1.10 bits per heavy atom. The molecule has 0 radical (unpaired) electrons. The van der Waals surface area contributed by atoms with Crippen molar-refractivity contribution in [3.63, 3.8) is 0 Å². The topological polar surface area (TPSA) is 0 Å². The predicted molar refractivity (Wildman–Crippen MR) is 128 cm³/mol. The number of fused-ring (bicyclic) bond motifs is 6. The summed E-state index contributed by atoms with van der Waals surface area (Å²) in [5.74, 6) is 0.864. The molecule has 0 saturated heterocycles. The van der Waals surface area contributed by atoms with Crippen molar-refractivity contribution in [1.29, 1.82) is 0 Å². The number of allylic oxidation sites excluding steroid dienone is 10. The van der Waals surface area contributed by atoms with Crippen molar-refractivity contribution >= 4 is 30.6 Å². The standard InChI is InChI=1S/C28H24Si/c1-29(2,27-15-7-13-23-21-11-5-3-9-19(21)17-25(23)27)28-16-8-14-24-22-12-6-4-10-20(22)18-26(24)28/h3-18,21-22H,1-2H3. The van der Waals surface area contributed by atoms with Crippen molar-refractivity contribution in [3.8, 4) is 0 Å². The third-order valence-electron chi connectivity index (χ3n) is 7.04. The Labute approximate surface area is 174 Å². The molecular weight excluding hydrogens is 364 g/mol. The van der Waals surface area contributed by atoms with Crippen molar-refractivity contribution in [2.45, 2.75) is 24.9 Å². The molecule has 6 rings (SSSR count). The van der Waals surface area contributed by atoms with Crippen LogP contribution in [0.15, 0.2) is 96.2 Å². The zero-order valence-corrected chi connectivity index (χ0v) is 17.9. The van der Waals surface area contributed by atoms with Crippen LogP contribution in [0.25, 0.3) is 12.2 Å². The van der Waals surface area contributed by atoms with Gasteiger partial charge in [0.05, 0.1) is 0 Å². The summed E-state index contributed by atoms with van der Waals surface area (Å²) in [6.07, 6.45) is 22.8. The normalized spacial score (nSPS) is 22.7. The molecule has 0 saturated carbocycles. The zero-order valence-electron chi connectivity index (χ0n) is 16.9. The highest BCUT2D eigenvalue weighted by atomic mass is 28.3. The number of hydrogen-bond donors (Lipinski definition) is 0. The van der Waals surface area contributed by atoms with Gasteiger partial charge < -0.3 is 0 Å². The fourth-order valence-electron chi connectivity index (χ4n) is 5.55. The molecule has 0 amide bonds. The Kier molecular flexibility index (Phi) is 3.54. The lowest BCUT2D eigenvalue weighted by Crippen LogP contribution is -2.55. The van der Waals surface area contributed by atoms with Gasteiger partial charge in [-0.15, -0.1) is 0 Å². The van der Waals surface area contributed by atoms with Gasteiger partial charge in [0.25, 0.3) is 0 Å². The molecule has 4 aliphatic carbocycles. The second-order valence-electron chi connectivity index (χ2n) is 8.97. The summed E-state index contributed by atoms with van der Waals surface area (Å²) in [6, 6.07) is 14.0. The fraction of sp³-hybridized carbons (Fsp3) is 0.143. The van der Waals surface area contributed by atoms with Crippen molar-refractivity contribution < 1.29 is 0 Å². The van der Waals surface area contributed by atoms with Gasteiger partial charge in [0.1, 0.15) is 8.07 Å². The van der Waals surface area contributed by atoms with E-state index in [0.717, 1.165) is 0 Å². The minimum atomic E-state index is -1.88. The van der Waals surface area contributed by atoms with Crippen LogP contribution in [-0.4, -0.2) is 8.07 Å². The first kappa shape index (κ1) is 17.0. The molecule has 2 aromatic rings. The minimum absolute atomic E-state index is 0.432. The van der Waals surface area contributed by atoms with Crippen molar-refractivity contribution in [3.05, 3.63) is 118 Å². The second-order valence-corrected chi connectivity index (χ2v) is 13.3. The highest BCUT2D eigenvalue weighted by Gasteiger charge is 2.36. The van der Waals surface area contributed by atoms with E-state index < -0.39 is 8.07 Å². The molecular formula is C28H24Si. The SMILES string of the molecule is C[Si](C)(c1cccc2c1C=C1C=CC=CC12)c1cccc2c1C=C1C=CC=CC12. The van der Waals surface area contributed by atoms with E-state index in [2.05, 4.69) is 110 Å². The van der Waals surface area contributed by atoms with Crippen LogP contribution in [-0.2, 0) is 0 Å². The van der Waals surface area contributed by atoms with E-state index in [1.54, 1.807) is 10.4 Å². The van der Waals surface area contributed by atoms with E-state index in [0.29, 0.717) is 11.8 Å². The summed E-state index contributed by atoms with van der Waals surface area (Å²) in [7, 11) is -1.88. The van der Waals surface area contributed by atoms with Crippen LogP contribution in [0.3, 0.4) is 0 Å². The van der Waals surface area contributed by atoms with Gasteiger partial charge in [0.2, 0.25) is 0 Å². The van der Waals surface area contributed by atoms with Crippen LogP contribution in [0.1, 0.15) is 34.1 Å². The lowest BCUT2D eigenvalue weighted by molar-refractivity contribution is 1.05. The highest BCUT2D eigenvalue weighted by Crippen LogP contribution is 2.41. The van der Waals surface area contributed by atoms with Gasteiger partial charge in [-0.2, -0.15) is 0 Å². The molecule has 0 aliphatic heterocycles. The van der Waals surface area contributed by atoms with Crippen molar-refractivity contribution in [2.24, 2.45) is 0 Å². The van der Waals surface area contributed by atoms with Gasteiger partial charge in [0.15, 0.2) is 0 Å². The van der Waals surface area contributed by atoms with E-state index in [4.69, 9.17) is 0 Å². The highest BCUT2D eigenvalue weighted by molar-refractivity contribution is 7.01. The third-order valence-corrected chi connectivity index (χ3v) is 10.6. The molecule has 2 unspecified atom stereocenters. The third kappa shape index (κ3) is 2.37. The van der Waals surface area contributed by atoms with Crippen LogP contribution in [0.4, 0.5) is 0 Å². The first-order valence-electron chi connectivity index (χ1n) is 10.5. The molecule has 2 aromatic carbocycles. The zero-order chi connectivity index (χ0) is 19.6. The maximum Gasteiger partial charge on any atom is 0.113 e. The minimum Gasteiger partial charge on any atom is -0.0726 e. The molecule has 0 fully saturated rings. The molecule has 0 aromatic heterocycles. The molecule has 0 bridgehead atoms. The smallest absolute Gasteiger partial charge is 0.0726 e. The lowest BCUT2D eigenvalue weighted by atomic mass is 9.92. The van der Waals surface area contributed by atoms with Gasteiger partial charge in [-0.25, -0.2) is 0 Å². The maximum atomic E-state index is 2.52. The monoisotopic (exact) mass is 388 g/mol. The molecule has 0 nitrogen and oxygen atoms in total. The van der Waals surface area contributed by atoms with Gasteiger partial charge in [-0.05, 0) is 43.8 Å². The Morgan fingerprint density at radius 1 is 0.621 bits per heavy atom. The van der Waals surface area contributed by atoms with E-state index >= 15 is 0 Å². The molecule has 140 valence electrons. The molecule has 0 heterocycles. The lowest BCUT2D eigenvalue weighted by Gasteiger charge is -2.28. The average molecular weight is 389 g/mol. The summed E-state index contributed by atoms with van der Waals surface area (Å²) in [5, 5.41) is 3.12. The second kappa shape index (κ2) is 6.05. The number of benzene rings is 2. The van der Waals surface area contributed by atoms with Crippen LogP contribution >= 0.6 is 0 Å². The van der Waals surface area contributed by atoms with Gasteiger partial charge >= 0.3 is 0 Å². The Hall–Kier alpha value is -2.90. The Bertz CT molecular complexity index is 1130. The van der Waals surface area contributed by atoms with E-state index in [1.165, 1.54) is 33.4 Å². The molecule has 4 aliphatic rings. The van der Waals surface area contributed by atoms with Crippen LogP contribution in [0.5, 0.6) is 0 Å². The molecule has 1 heteroatoms. The summed E-state index contributed by atoms with van der Waals surface area (Å²) in [5.41, 5.74) is 8.76. The van der Waals surface area contributed by atoms with Crippen LogP contribution < -0.4 is 10.4 Å². The average Bonchev–Trinajstić information content (AvgIpc) is 3.31. The number of hydrogen-bond acceptors (Lipinski definition) is 0. The summed E-state index contributed by atoms with van der Waals surface area (Å²) in [6.45, 7) is 5.05. The molecule has 2 atom stereocenters. The first-order valence-corrected chi connectivity index (χ1v) is 13.5. The van der Waals surface area contributed by atoms with E-state index in [1.807, 2.05) is 0 Å². The molecule has 0 spiro atoms. The predicted octanol–water partition coefficient (Wildman–Crippen LogP) is 5.72. The van der Waals surface area contributed by atoms with Crippen LogP contribution in [0.2, 0.25) is 13.1 Å². The van der Waals surface area contributed by atoms with Gasteiger partial charge in [0, 0.05) is 11.8 Å². The van der Waals surface area contributed by atoms with Crippen molar-refractivity contribution in [1.82, 2.24) is 0 Å². The maximum absolute atomic E-state index is 2.52. The van der Waals surface area contributed by atoms with E-state index in [-0.39, 0.29) is 0 Å². The quantitative estimate of drug-likeness (QED) is 0.577. The Balaban J connectivity index is 1.53.